The van der Waals surface area contributed by atoms with E-state index < -0.39 is 0 Å². The van der Waals surface area contributed by atoms with Crippen LogP contribution in [0.25, 0.3) is 0 Å². The van der Waals surface area contributed by atoms with Crippen LogP contribution in [0.2, 0.25) is 0 Å². The highest BCUT2D eigenvalue weighted by Gasteiger charge is 2.26. The summed E-state index contributed by atoms with van der Waals surface area (Å²) in [6.45, 7) is 12.0. The molecule has 0 rings (SSSR count). The molecule has 0 amide bonds. The van der Waals surface area contributed by atoms with Crippen molar-refractivity contribution in [2.75, 3.05) is 0 Å². The van der Waals surface area contributed by atoms with Crippen LogP contribution in [-0.4, -0.2) is 0 Å². The van der Waals surface area contributed by atoms with Gasteiger partial charge in [-0.1, -0.05) is 26.8 Å². The number of hydrogen-bond donors (Lipinski definition) is 0. The van der Waals surface area contributed by atoms with Crippen LogP contribution in [0.5, 0.6) is 0 Å². The summed E-state index contributed by atoms with van der Waals surface area (Å²) in [5.41, 5.74) is 0.0646. The fraction of sp³-hybridized carbons (Fsp3) is 0.700. The summed E-state index contributed by atoms with van der Waals surface area (Å²) in [6.07, 6.45) is 1.92. The zero-order chi connectivity index (χ0) is 9.07. The van der Waals surface area contributed by atoms with E-state index in [2.05, 4.69) is 33.4 Å². The Morgan fingerprint density at radius 1 is 1.45 bits per heavy atom. The van der Waals surface area contributed by atoms with Gasteiger partial charge in [0.1, 0.15) is 0 Å². The van der Waals surface area contributed by atoms with E-state index in [1.807, 2.05) is 13.0 Å². The van der Waals surface area contributed by atoms with Crippen molar-refractivity contribution in [3.8, 4) is 6.07 Å². The van der Waals surface area contributed by atoms with Gasteiger partial charge in [0.2, 0.25) is 0 Å². The zero-order valence-corrected chi connectivity index (χ0v) is 7.89. The maximum Gasteiger partial charge on any atom is 0.0656 e. The Morgan fingerprint density at radius 2 is 1.91 bits per heavy atom. The smallest absolute Gasteiger partial charge is 0.0656 e. The predicted molar refractivity (Wildman–Crippen MR) is 47.9 cm³/mol. The first kappa shape index (κ1) is 10.2. The minimum atomic E-state index is 0.0646. The lowest BCUT2D eigenvalue weighted by atomic mass is 9.74. The molecule has 0 aliphatic rings. The Hall–Kier alpha value is -0.770. The van der Waals surface area contributed by atoms with E-state index in [4.69, 9.17) is 5.26 Å². The Balaban J connectivity index is 4.36. The van der Waals surface area contributed by atoms with Gasteiger partial charge in [-0.3, -0.25) is 0 Å². The molecular formula is C10H17N. The van der Waals surface area contributed by atoms with Crippen molar-refractivity contribution < 1.29 is 0 Å². The van der Waals surface area contributed by atoms with Crippen LogP contribution in [0.15, 0.2) is 12.7 Å². The average molecular weight is 151 g/mol. The summed E-state index contributed by atoms with van der Waals surface area (Å²) in [5.74, 6) is 0.466. The molecule has 0 aromatic rings. The van der Waals surface area contributed by atoms with E-state index in [9.17, 15) is 0 Å². The maximum absolute atomic E-state index is 8.68. The highest BCUT2D eigenvalue weighted by molar-refractivity contribution is 4.97. The molecular weight excluding hydrogens is 134 g/mol. The van der Waals surface area contributed by atoms with Gasteiger partial charge in [-0.15, -0.1) is 6.58 Å². The van der Waals surface area contributed by atoms with Crippen molar-refractivity contribution in [1.82, 2.24) is 0 Å². The van der Waals surface area contributed by atoms with Crippen LogP contribution in [-0.2, 0) is 0 Å². The molecule has 11 heavy (non-hydrogen) atoms. The monoisotopic (exact) mass is 151 g/mol. The van der Waals surface area contributed by atoms with Gasteiger partial charge in [-0.25, -0.2) is 0 Å². The third-order valence-corrected chi connectivity index (χ3v) is 2.65. The van der Waals surface area contributed by atoms with Crippen LogP contribution in [0, 0.1) is 28.6 Å². The second-order valence-electron chi connectivity index (χ2n) is 3.73. The first-order chi connectivity index (χ1) is 4.95. The summed E-state index contributed by atoms with van der Waals surface area (Å²) in [6, 6.07) is 2.26. The van der Waals surface area contributed by atoms with Crippen molar-refractivity contribution in [2.45, 2.75) is 27.7 Å². The molecule has 0 heterocycles. The summed E-state index contributed by atoms with van der Waals surface area (Å²) < 4.78 is 0. The van der Waals surface area contributed by atoms with E-state index >= 15 is 0 Å². The molecule has 1 heteroatoms. The van der Waals surface area contributed by atoms with E-state index in [0.717, 1.165) is 0 Å². The largest absolute Gasteiger partial charge is 0.198 e. The molecule has 0 spiro atoms. The minimum Gasteiger partial charge on any atom is -0.198 e. The highest BCUT2D eigenvalue weighted by Crippen LogP contribution is 2.32. The van der Waals surface area contributed by atoms with Crippen molar-refractivity contribution in [3.63, 3.8) is 0 Å². The van der Waals surface area contributed by atoms with Crippen molar-refractivity contribution in [2.24, 2.45) is 17.3 Å². The standard InChI is InChI=1S/C10H17N/c1-6-10(4,5)9(3)8(2)7-11/h6,8-9H,1H2,2-5H3/t8-,9+/m0/s1. The van der Waals surface area contributed by atoms with Crippen molar-refractivity contribution in [3.05, 3.63) is 12.7 Å². The van der Waals surface area contributed by atoms with Crippen LogP contribution in [0.3, 0.4) is 0 Å². The van der Waals surface area contributed by atoms with Gasteiger partial charge in [0.05, 0.1) is 6.07 Å². The first-order valence-corrected chi connectivity index (χ1v) is 3.99. The molecule has 0 aromatic heterocycles. The summed E-state index contributed by atoms with van der Waals surface area (Å²) >= 11 is 0. The van der Waals surface area contributed by atoms with Gasteiger partial charge in [0.15, 0.2) is 0 Å². The molecule has 0 saturated heterocycles. The average Bonchev–Trinajstić information content (AvgIpc) is 2.01. The fourth-order valence-electron chi connectivity index (χ4n) is 0.942. The van der Waals surface area contributed by atoms with Gasteiger partial charge in [-0.2, -0.15) is 5.26 Å². The topological polar surface area (TPSA) is 23.8 Å². The number of hydrogen-bond acceptors (Lipinski definition) is 1. The van der Waals surface area contributed by atoms with Crippen LogP contribution in [0.1, 0.15) is 27.7 Å². The Labute approximate surface area is 69.7 Å². The van der Waals surface area contributed by atoms with Gasteiger partial charge in [0.25, 0.3) is 0 Å². The van der Waals surface area contributed by atoms with E-state index in [1.54, 1.807) is 0 Å². The molecule has 0 N–H and O–H groups in total. The van der Waals surface area contributed by atoms with Gasteiger partial charge >= 0.3 is 0 Å². The zero-order valence-electron chi connectivity index (χ0n) is 7.89. The van der Waals surface area contributed by atoms with Crippen molar-refractivity contribution >= 4 is 0 Å². The molecule has 0 saturated carbocycles. The lowest BCUT2D eigenvalue weighted by molar-refractivity contribution is 0.257. The second kappa shape index (κ2) is 3.57. The third-order valence-electron chi connectivity index (χ3n) is 2.65. The van der Waals surface area contributed by atoms with E-state index in [-0.39, 0.29) is 11.3 Å². The normalized spacial score (nSPS) is 16.6. The fourth-order valence-corrected chi connectivity index (χ4v) is 0.942. The number of nitrogens with zero attached hydrogens (tertiary/aromatic N) is 1. The maximum atomic E-state index is 8.68. The highest BCUT2D eigenvalue weighted by atomic mass is 14.3. The summed E-state index contributed by atoms with van der Waals surface area (Å²) in [5, 5.41) is 8.68. The first-order valence-electron chi connectivity index (χ1n) is 3.99. The van der Waals surface area contributed by atoms with Gasteiger partial charge in [0, 0.05) is 5.92 Å². The van der Waals surface area contributed by atoms with Crippen LogP contribution < -0.4 is 0 Å². The van der Waals surface area contributed by atoms with E-state index in [0.29, 0.717) is 5.92 Å². The number of rotatable bonds is 3. The molecule has 0 bridgehead atoms. The lowest BCUT2D eigenvalue weighted by Crippen LogP contribution is -2.23. The van der Waals surface area contributed by atoms with Crippen LogP contribution in [0.4, 0.5) is 0 Å². The number of nitriles is 1. The Bertz CT molecular complexity index is 174. The molecule has 0 unspecified atom stereocenters. The quantitative estimate of drug-likeness (QED) is 0.569. The molecule has 0 radical (unpaired) electrons. The summed E-state index contributed by atoms with van der Waals surface area (Å²) in [7, 11) is 0. The SMILES string of the molecule is C=CC(C)(C)[C@H](C)[C@@H](C)C#N. The molecule has 0 aliphatic carbocycles. The van der Waals surface area contributed by atoms with Crippen LogP contribution >= 0.6 is 0 Å². The number of allylic oxidation sites excluding steroid dienone is 1. The predicted octanol–water partition coefficient (Wildman–Crippen LogP) is 2.99. The third kappa shape index (κ3) is 2.38. The molecule has 0 fully saturated rings. The second-order valence-corrected chi connectivity index (χ2v) is 3.73. The minimum absolute atomic E-state index is 0.0646. The molecule has 62 valence electrons. The Kier molecular flexibility index (Phi) is 3.32. The van der Waals surface area contributed by atoms with Crippen molar-refractivity contribution in [1.29, 1.82) is 5.26 Å². The van der Waals surface area contributed by atoms with Gasteiger partial charge < -0.3 is 0 Å². The van der Waals surface area contributed by atoms with E-state index in [1.165, 1.54) is 0 Å². The van der Waals surface area contributed by atoms with Gasteiger partial charge in [-0.05, 0) is 18.3 Å². The molecule has 0 aromatic carbocycles. The molecule has 1 nitrogen and oxygen atoms in total. The Morgan fingerprint density at radius 3 is 2.18 bits per heavy atom. The molecule has 2 atom stereocenters. The summed E-state index contributed by atoms with van der Waals surface area (Å²) in [4.78, 5) is 0. The lowest BCUT2D eigenvalue weighted by Gasteiger charge is -2.29. The molecule has 0 aliphatic heterocycles.